The van der Waals surface area contributed by atoms with Gasteiger partial charge in [0, 0.05) is 62.7 Å². The van der Waals surface area contributed by atoms with Crippen LogP contribution in [0.1, 0.15) is 33.9 Å². The van der Waals surface area contributed by atoms with Gasteiger partial charge in [0.25, 0.3) is 5.91 Å². The molecule has 1 amide bonds. The van der Waals surface area contributed by atoms with E-state index in [1.165, 1.54) is 17.0 Å². The van der Waals surface area contributed by atoms with Crippen LogP contribution in [0.3, 0.4) is 0 Å². The second-order valence-electron chi connectivity index (χ2n) is 7.33. The lowest BCUT2D eigenvalue weighted by Crippen LogP contribution is -2.33. The van der Waals surface area contributed by atoms with Crippen LogP contribution >= 0.6 is 0 Å². The summed E-state index contributed by atoms with van der Waals surface area (Å²) in [6.45, 7) is 5.61. The predicted octanol–water partition coefficient (Wildman–Crippen LogP) is 2.44. The Morgan fingerprint density at radius 2 is 2.04 bits per heavy atom. The zero-order valence-corrected chi connectivity index (χ0v) is 16.6. The molecule has 0 unspecified atom stereocenters. The number of benzene rings is 1. The number of aryl methyl sites for hydroxylation is 1. The molecular weight excluding hydrogens is 364 g/mol. The van der Waals surface area contributed by atoms with Gasteiger partial charge in [0.05, 0.1) is 0 Å². The SMILES string of the molecule is Cc1nc(C(=O)N(C)C)nc(N2CC[C@@H](NCc3ccc(F)cc3F)C2)c1C. The summed E-state index contributed by atoms with van der Waals surface area (Å²) in [5.41, 5.74) is 2.16. The molecule has 28 heavy (non-hydrogen) atoms. The minimum Gasteiger partial charge on any atom is -0.355 e. The molecule has 1 atom stereocenters. The summed E-state index contributed by atoms with van der Waals surface area (Å²) < 4.78 is 26.8. The zero-order chi connectivity index (χ0) is 20.4. The first kappa shape index (κ1) is 20.1. The average Bonchev–Trinajstić information content (AvgIpc) is 3.11. The fourth-order valence-electron chi connectivity index (χ4n) is 3.26. The lowest BCUT2D eigenvalue weighted by molar-refractivity contribution is 0.0815. The number of nitrogens with one attached hydrogen (secondary N) is 1. The lowest BCUT2D eigenvalue weighted by Gasteiger charge is -2.22. The zero-order valence-electron chi connectivity index (χ0n) is 16.6. The van der Waals surface area contributed by atoms with Crippen molar-refractivity contribution in [1.82, 2.24) is 20.2 Å². The monoisotopic (exact) mass is 389 g/mol. The van der Waals surface area contributed by atoms with Crippen LogP contribution in [0, 0.1) is 25.5 Å². The van der Waals surface area contributed by atoms with Crippen LogP contribution in [-0.4, -0.2) is 54.0 Å². The van der Waals surface area contributed by atoms with Gasteiger partial charge >= 0.3 is 0 Å². The van der Waals surface area contributed by atoms with Crippen LogP contribution in [0.2, 0.25) is 0 Å². The average molecular weight is 389 g/mol. The maximum Gasteiger partial charge on any atom is 0.291 e. The van der Waals surface area contributed by atoms with Gasteiger partial charge in [-0.2, -0.15) is 0 Å². The highest BCUT2D eigenvalue weighted by molar-refractivity contribution is 5.90. The number of nitrogens with zero attached hydrogens (tertiary/aromatic N) is 4. The van der Waals surface area contributed by atoms with Crippen molar-refractivity contribution in [2.75, 3.05) is 32.1 Å². The molecule has 0 aliphatic carbocycles. The standard InChI is InChI=1S/C20H25F2N5O/c1-12-13(2)24-18(20(28)26(3)4)25-19(12)27-8-7-16(11-27)23-10-14-5-6-15(21)9-17(14)22/h5-6,9,16,23H,7-8,10-11H2,1-4H3/t16-/m1/s1. The van der Waals surface area contributed by atoms with Gasteiger partial charge in [-0.25, -0.2) is 18.7 Å². The van der Waals surface area contributed by atoms with Crippen LogP contribution in [0.5, 0.6) is 0 Å². The summed E-state index contributed by atoms with van der Waals surface area (Å²) in [7, 11) is 3.34. The van der Waals surface area contributed by atoms with Gasteiger partial charge in [-0.05, 0) is 26.3 Å². The third-order valence-corrected chi connectivity index (χ3v) is 5.05. The van der Waals surface area contributed by atoms with Crippen molar-refractivity contribution in [1.29, 1.82) is 0 Å². The minimum atomic E-state index is -0.578. The molecule has 1 aromatic heterocycles. The molecule has 8 heteroatoms. The Morgan fingerprint density at radius 3 is 2.71 bits per heavy atom. The van der Waals surface area contributed by atoms with Crippen molar-refractivity contribution in [3.05, 3.63) is 52.5 Å². The fraction of sp³-hybridized carbons (Fsp3) is 0.450. The molecule has 1 saturated heterocycles. The summed E-state index contributed by atoms with van der Waals surface area (Å²) in [5.74, 6) is -0.407. The Bertz CT molecular complexity index is 887. The molecule has 150 valence electrons. The second-order valence-corrected chi connectivity index (χ2v) is 7.33. The smallest absolute Gasteiger partial charge is 0.291 e. The van der Waals surface area contributed by atoms with Gasteiger partial charge in [0.1, 0.15) is 17.5 Å². The molecule has 1 aromatic carbocycles. The third kappa shape index (κ3) is 4.27. The highest BCUT2D eigenvalue weighted by atomic mass is 19.1. The van der Waals surface area contributed by atoms with Crippen molar-refractivity contribution in [3.63, 3.8) is 0 Å². The van der Waals surface area contributed by atoms with E-state index in [4.69, 9.17) is 0 Å². The predicted molar refractivity (Wildman–Crippen MR) is 103 cm³/mol. The van der Waals surface area contributed by atoms with Crippen molar-refractivity contribution in [2.45, 2.75) is 32.9 Å². The van der Waals surface area contributed by atoms with E-state index in [0.29, 0.717) is 18.7 Å². The molecule has 1 N–H and O–H groups in total. The highest BCUT2D eigenvalue weighted by Gasteiger charge is 2.26. The summed E-state index contributed by atoms with van der Waals surface area (Å²) >= 11 is 0. The first-order valence-corrected chi connectivity index (χ1v) is 9.25. The number of carbonyl (C=O) groups is 1. The van der Waals surface area contributed by atoms with Gasteiger partial charge in [-0.15, -0.1) is 0 Å². The Hall–Kier alpha value is -2.61. The van der Waals surface area contributed by atoms with Crippen LogP contribution < -0.4 is 10.2 Å². The molecule has 2 aromatic rings. The van der Waals surface area contributed by atoms with Crippen molar-refractivity contribution in [2.24, 2.45) is 0 Å². The largest absolute Gasteiger partial charge is 0.355 e. The molecule has 1 aliphatic rings. The Kier molecular flexibility index (Phi) is 5.88. The van der Waals surface area contributed by atoms with E-state index in [1.807, 2.05) is 13.8 Å². The number of hydrogen-bond acceptors (Lipinski definition) is 5. The number of rotatable bonds is 5. The number of aromatic nitrogens is 2. The maximum atomic E-state index is 13.8. The third-order valence-electron chi connectivity index (χ3n) is 5.05. The molecule has 1 aliphatic heterocycles. The van der Waals surface area contributed by atoms with Gasteiger partial charge in [0.2, 0.25) is 5.82 Å². The fourth-order valence-corrected chi connectivity index (χ4v) is 3.26. The summed E-state index contributed by atoms with van der Waals surface area (Å²) in [6, 6.07) is 3.76. The van der Waals surface area contributed by atoms with Gasteiger partial charge in [-0.1, -0.05) is 6.07 Å². The van der Waals surface area contributed by atoms with Crippen molar-refractivity contribution in [3.8, 4) is 0 Å². The highest BCUT2D eigenvalue weighted by Crippen LogP contribution is 2.24. The van der Waals surface area contributed by atoms with Crippen molar-refractivity contribution >= 4 is 11.7 Å². The number of hydrogen-bond donors (Lipinski definition) is 1. The number of carbonyl (C=O) groups excluding carboxylic acids is 1. The Labute approximate surface area is 163 Å². The lowest BCUT2D eigenvalue weighted by atomic mass is 10.2. The van der Waals surface area contributed by atoms with E-state index in [1.54, 1.807) is 14.1 Å². The quantitative estimate of drug-likeness (QED) is 0.851. The number of anilines is 1. The molecule has 6 nitrogen and oxygen atoms in total. The summed E-state index contributed by atoms with van der Waals surface area (Å²) in [5, 5.41) is 3.32. The molecule has 0 saturated carbocycles. The topological polar surface area (TPSA) is 61.4 Å². The van der Waals surface area contributed by atoms with E-state index in [-0.39, 0.29) is 17.8 Å². The van der Waals surface area contributed by atoms with Gasteiger partial charge in [0.15, 0.2) is 0 Å². The van der Waals surface area contributed by atoms with E-state index < -0.39 is 11.6 Å². The van der Waals surface area contributed by atoms with E-state index >= 15 is 0 Å². The summed E-state index contributed by atoms with van der Waals surface area (Å²) in [4.78, 5) is 24.7. The molecular formula is C20H25F2N5O. The second kappa shape index (κ2) is 8.18. The molecule has 0 bridgehead atoms. The van der Waals surface area contributed by atoms with Crippen molar-refractivity contribution < 1.29 is 13.6 Å². The molecule has 2 heterocycles. The van der Waals surface area contributed by atoms with E-state index in [9.17, 15) is 13.6 Å². The number of halogens is 2. The van der Waals surface area contributed by atoms with Crippen LogP contribution in [0.25, 0.3) is 0 Å². The number of amides is 1. The molecule has 0 spiro atoms. The van der Waals surface area contributed by atoms with Crippen LogP contribution in [0.15, 0.2) is 18.2 Å². The van der Waals surface area contributed by atoms with E-state index in [2.05, 4.69) is 20.2 Å². The van der Waals surface area contributed by atoms with Crippen LogP contribution in [-0.2, 0) is 6.54 Å². The van der Waals surface area contributed by atoms with Gasteiger partial charge < -0.3 is 15.1 Å². The van der Waals surface area contributed by atoms with E-state index in [0.717, 1.165) is 36.1 Å². The van der Waals surface area contributed by atoms with Gasteiger partial charge in [-0.3, -0.25) is 4.79 Å². The first-order valence-electron chi connectivity index (χ1n) is 9.25. The maximum absolute atomic E-state index is 13.8. The Balaban J connectivity index is 1.70. The molecule has 0 radical (unpaired) electrons. The van der Waals surface area contributed by atoms with Crippen LogP contribution in [0.4, 0.5) is 14.6 Å². The minimum absolute atomic E-state index is 0.145. The first-order chi connectivity index (χ1) is 13.3. The normalized spacial score (nSPS) is 16.5. The molecule has 1 fully saturated rings. The molecule has 3 rings (SSSR count). The summed E-state index contributed by atoms with van der Waals surface area (Å²) in [6.07, 6.45) is 0.863. The Morgan fingerprint density at radius 1 is 1.29 bits per heavy atom.